The Morgan fingerprint density at radius 2 is 1.95 bits per heavy atom. The highest BCUT2D eigenvalue weighted by molar-refractivity contribution is 5.64. The molecule has 4 nitrogen and oxygen atoms in total. The summed E-state index contributed by atoms with van der Waals surface area (Å²) in [6.45, 7) is 2.02. The van der Waals surface area contributed by atoms with Crippen molar-refractivity contribution in [2.45, 2.75) is 25.9 Å². The zero-order valence-electron chi connectivity index (χ0n) is 11.2. The molecule has 1 N–H and O–H groups in total. The fourth-order valence-corrected chi connectivity index (χ4v) is 1.92. The lowest BCUT2D eigenvalue weighted by molar-refractivity contribution is 0.303. The van der Waals surface area contributed by atoms with E-state index in [4.69, 9.17) is 4.74 Å². The van der Waals surface area contributed by atoms with Crippen molar-refractivity contribution in [1.82, 2.24) is 9.97 Å². The molecule has 98 valence electrons. The van der Waals surface area contributed by atoms with E-state index in [1.807, 2.05) is 44.4 Å². The van der Waals surface area contributed by atoms with Crippen molar-refractivity contribution in [1.29, 1.82) is 0 Å². The molecule has 0 radical (unpaired) electrons. The minimum atomic E-state index is 0.433. The first-order valence-electron chi connectivity index (χ1n) is 6.55. The van der Waals surface area contributed by atoms with E-state index in [0.717, 1.165) is 22.6 Å². The molecular formula is C15H17N3O. The number of aryl methyl sites for hydroxylation is 1. The SMILES string of the molecule is CNc1ncc(C)c(-c2ccc(OC3CC3)cc2)n1. The maximum atomic E-state index is 5.75. The second-order valence-electron chi connectivity index (χ2n) is 4.82. The highest BCUT2D eigenvalue weighted by Gasteiger charge is 2.23. The Morgan fingerprint density at radius 1 is 1.21 bits per heavy atom. The van der Waals surface area contributed by atoms with Crippen LogP contribution in [0.15, 0.2) is 30.5 Å². The summed E-state index contributed by atoms with van der Waals surface area (Å²) < 4.78 is 5.75. The largest absolute Gasteiger partial charge is 0.490 e. The van der Waals surface area contributed by atoms with E-state index in [9.17, 15) is 0 Å². The van der Waals surface area contributed by atoms with Crippen molar-refractivity contribution in [3.05, 3.63) is 36.0 Å². The third-order valence-corrected chi connectivity index (χ3v) is 3.15. The molecule has 0 saturated heterocycles. The first kappa shape index (κ1) is 12.0. The molecule has 1 heterocycles. The molecule has 4 heteroatoms. The van der Waals surface area contributed by atoms with E-state index in [1.165, 1.54) is 12.8 Å². The summed E-state index contributed by atoms with van der Waals surface area (Å²) in [6, 6.07) is 8.11. The van der Waals surface area contributed by atoms with Crippen molar-refractivity contribution < 1.29 is 4.74 Å². The van der Waals surface area contributed by atoms with Crippen molar-refractivity contribution in [3.8, 4) is 17.0 Å². The molecule has 2 aromatic rings. The van der Waals surface area contributed by atoms with Gasteiger partial charge in [0.2, 0.25) is 5.95 Å². The average molecular weight is 255 g/mol. The van der Waals surface area contributed by atoms with E-state index < -0.39 is 0 Å². The van der Waals surface area contributed by atoms with Crippen LogP contribution in [0.5, 0.6) is 5.75 Å². The van der Waals surface area contributed by atoms with Crippen LogP contribution in [-0.4, -0.2) is 23.1 Å². The lowest BCUT2D eigenvalue weighted by atomic mass is 10.1. The van der Waals surface area contributed by atoms with E-state index in [-0.39, 0.29) is 0 Å². The number of nitrogens with one attached hydrogen (secondary N) is 1. The normalized spacial score (nSPS) is 14.2. The maximum Gasteiger partial charge on any atom is 0.222 e. The Balaban J connectivity index is 1.88. The summed E-state index contributed by atoms with van der Waals surface area (Å²) >= 11 is 0. The number of nitrogens with zero attached hydrogens (tertiary/aromatic N) is 2. The van der Waals surface area contributed by atoms with Gasteiger partial charge in [0.15, 0.2) is 0 Å². The summed E-state index contributed by atoms with van der Waals surface area (Å²) in [5.74, 6) is 1.57. The van der Waals surface area contributed by atoms with Gasteiger partial charge in [0.1, 0.15) is 5.75 Å². The molecule has 1 fully saturated rings. The van der Waals surface area contributed by atoms with Gasteiger partial charge in [-0.2, -0.15) is 0 Å². The van der Waals surface area contributed by atoms with E-state index >= 15 is 0 Å². The number of aromatic nitrogens is 2. The van der Waals surface area contributed by atoms with Gasteiger partial charge in [-0.1, -0.05) is 0 Å². The van der Waals surface area contributed by atoms with Crippen molar-refractivity contribution in [2.24, 2.45) is 0 Å². The highest BCUT2D eigenvalue weighted by atomic mass is 16.5. The summed E-state index contributed by atoms with van der Waals surface area (Å²) in [4.78, 5) is 8.70. The molecule has 0 atom stereocenters. The summed E-state index contributed by atoms with van der Waals surface area (Å²) in [6.07, 6.45) is 4.63. The topological polar surface area (TPSA) is 47.0 Å². The Hall–Kier alpha value is -2.10. The van der Waals surface area contributed by atoms with Gasteiger partial charge in [-0.15, -0.1) is 0 Å². The van der Waals surface area contributed by atoms with Crippen LogP contribution >= 0.6 is 0 Å². The third kappa shape index (κ3) is 2.67. The lowest BCUT2D eigenvalue weighted by Crippen LogP contribution is -1.99. The van der Waals surface area contributed by atoms with Gasteiger partial charge < -0.3 is 10.1 Å². The summed E-state index contributed by atoms with van der Waals surface area (Å²) in [7, 11) is 1.82. The second-order valence-corrected chi connectivity index (χ2v) is 4.82. The molecule has 1 aromatic heterocycles. The smallest absolute Gasteiger partial charge is 0.222 e. The third-order valence-electron chi connectivity index (χ3n) is 3.15. The van der Waals surface area contributed by atoms with Crippen LogP contribution in [0, 0.1) is 6.92 Å². The van der Waals surface area contributed by atoms with Crippen LogP contribution in [0.1, 0.15) is 18.4 Å². The second kappa shape index (κ2) is 4.88. The molecule has 1 aliphatic carbocycles. The molecule has 3 rings (SSSR count). The van der Waals surface area contributed by atoms with Gasteiger partial charge in [0.05, 0.1) is 11.8 Å². The molecule has 0 amide bonds. The van der Waals surface area contributed by atoms with Gasteiger partial charge >= 0.3 is 0 Å². The Bertz CT molecular complexity index is 576. The predicted octanol–water partition coefficient (Wildman–Crippen LogP) is 3.03. The monoisotopic (exact) mass is 255 g/mol. The van der Waals surface area contributed by atoms with Crippen LogP contribution in [0.4, 0.5) is 5.95 Å². The fraction of sp³-hybridized carbons (Fsp3) is 0.333. The molecule has 1 saturated carbocycles. The maximum absolute atomic E-state index is 5.75. The number of ether oxygens (including phenoxy) is 1. The van der Waals surface area contributed by atoms with Gasteiger partial charge in [-0.25, -0.2) is 9.97 Å². The van der Waals surface area contributed by atoms with Crippen LogP contribution in [0.25, 0.3) is 11.3 Å². The van der Waals surface area contributed by atoms with Crippen LogP contribution in [-0.2, 0) is 0 Å². The van der Waals surface area contributed by atoms with Gasteiger partial charge in [0, 0.05) is 18.8 Å². The van der Waals surface area contributed by atoms with Crippen molar-refractivity contribution in [2.75, 3.05) is 12.4 Å². The fourth-order valence-electron chi connectivity index (χ4n) is 1.92. The van der Waals surface area contributed by atoms with Crippen molar-refractivity contribution >= 4 is 5.95 Å². The standard InChI is InChI=1S/C15H17N3O/c1-10-9-17-15(16-2)18-14(10)11-3-5-12(6-4-11)19-13-7-8-13/h3-6,9,13H,7-8H2,1-2H3,(H,16,17,18). The van der Waals surface area contributed by atoms with Crippen LogP contribution in [0.3, 0.4) is 0 Å². The molecular weight excluding hydrogens is 238 g/mol. The quantitative estimate of drug-likeness (QED) is 0.912. The number of benzene rings is 1. The van der Waals surface area contributed by atoms with E-state index in [0.29, 0.717) is 12.1 Å². The number of anilines is 1. The number of hydrogen-bond donors (Lipinski definition) is 1. The van der Waals surface area contributed by atoms with Gasteiger partial charge in [-0.3, -0.25) is 0 Å². The molecule has 0 spiro atoms. The molecule has 1 aromatic carbocycles. The van der Waals surface area contributed by atoms with Crippen molar-refractivity contribution in [3.63, 3.8) is 0 Å². The van der Waals surface area contributed by atoms with E-state index in [2.05, 4.69) is 15.3 Å². The highest BCUT2D eigenvalue weighted by Crippen LogP contribution is 2.29. The van der Waals surface area contributed by atoms with Gasteiger partial charge in [0.25, 0.3) is 0 Å². The molecule has 1 aliphatic rings. The minimum absolute atomic E-state index is 0.433. The zero-order chi connectivity index (χ0) is 13.2. The summed E-state index contributed by atoms with van der Waals surface area (Å²) in [5, 5.41) is 2.96. The molecule has 0 unspecified atom stereocenters. The molecule has 19 heavy (non-hydrogen) atoms. The first-order valence-corrected chi connectivity index (χ1v) is 6.55. The minimum Gasteiger partial charge on any atom is -0.490 e. The molecule has 0 aliphatic heterocycles. The Labute approximate surface area is 112 Å². The average Bonchev–Trinajstić information content (AvgIpc) is 3.24. The van der Waals surface area contributed by atoms with Crippen LogP contribution in [0.2, 0.25) is 0 Å². The Kier molecular flexibility index (Phi) is 3.07. The number of rotatable bonds is 4. The van der Waals surface area contributed by atoms with E-state index in [1.54, 1.807) is 0 Å². The number of hydrogen-bond acceptors (Lipinski definition) is 4. The Morgan fingerprint density at radius 3 is 2.58 bits per heavy atom. The zero-order valence-corrected chi connectivity index (χ0v) is 11.2. The first-order chi connectivity index (χ1) is 9.26. The van der Waals surface area contributed by atoms with Crippen LogP contribution < -0.4 is 10.1 Å². The predicted molar refractivity (Wildman–Crippen MR) is 75.4 cm³/mol. The van der Waals surface area contributed by atoms with Gasteiger partial charge in [-0.05, 0) is 49.6 Å². The lowest BCUT2D eigenvalue weighted by Gasteiger charge is -2.08. The summed E-state index contributed by atoms with van der Waals surface area (Å²) in [5.41, 5.74) is 3.10. The molecule has 0 bridgehead atoms.